The van der Waals surface area contributed by atoms with Gasteiger partial charge >= 0.3 is 6.09 Å². The van der Waals surface area contributed by atoms with Gasteiger partial charge in [-0.25, -0.2) is 4.79 Å². The Kier molecular flexibility index (Phi) is 4.22. The van der Waals surface area contributed by atoms with Crippen LogP contribution in [0.4, 0.5) is 4.79 Å². The van der Waals surface area contributed by atoms with Crippen LogP contribution >= 0.6 is 0 Å². The zero-order valence-electron chi connectivity index (χ0n) is 14.4. The molecule has 1 saturated heterocycles. The van der Waals surface area contributed by atoms with Crippen molar-refractivity contribution < 1.29 is 14.6 Å². The third-order valence-corrected chi connectivity index (χ3v) is 5.53. The summed E-state index contributed by atoms with van der Waals surface area (Å²) in [7, 11) is 0. The Morgan fingerprint density at radius 3 is 2.24 bits per heavy atom. The van der Waals surface area contributed by atoms with E-state index in [4.69, 9.17) is 4.74 Å². The molecule has 0 spiro atoms. The number of rotatable bonds is 3. The zero-order chi connectivity index (χ0) is 17.4. The Morgan fingerprint density at radius 2 is 1.68 bits per heavy atom. The molecule has 1 N–H and O–H groups in total. The fraction of sp³-hybridized carbons (Fsp3) is 0.381. The maximum absolute atomic E-state index is 12.4. The summed E-state index contributed by atoms with van der Waals surface area (Å²) in [5.41, 5.74) is 4.87. The van der Waals surface area contributed by atoms with E-state index in [2.05, 4.69) is 24.3 Å². The van der Waals surface area contributed by atoms with Gasteiger partial charge in [0.15, 0.2) is 0 Å². The van der Waals surface area contributed by atoms with Crippen molar-refractivity contribution in [3.05, 3.63) is 59.7 Å². The number of likely N-dealkylation sites (tertiary alicyclic amines) is 1. The van der Waals surface area contributed by atoms with E-state index in [9.17, 15) is 9.90 Å². The lowest BCUT2D eigenvalue weighted by atomic mass is 9.98. The van der Waals surface area contributed by atoms with Crippen molar-refractivity contribution in [1.82, 2.24) is 4.90 Å². The molecule has 25 heavy (non-hydrogen) atoms. The van der Waals surface area contributed by atoms with Gasteiger partial charge < -0.3 is 14.7 Å². The summed E-state index contributed by atoms with van der Waals surface area (Å²) >= 11 is 0. The molecule has 2 atom stereocenters. The molecule has 130 valence electrons. The minimum atomic E-state index is -0.439. The highest BCUT2D eigenvalue weighted by molar-refractivity contribution is 5.79. The molecule has 0 saturated carbocycles. The second-order valence-electron chi connectivity index (χ2n) is 6.94. The van der Waals surface area contributed by atoms with Crippen LogP contribution < -0.4 is 0 Å². The average Bonchev–Trinajstić information content (AvgIpc) is 3.18. The highest BCUT2D eigenvalue weighted by Crippen LogP contribution is 2.44. The van der Waals surface area contributed by atoms with Crippen LogP contribution in [0.1, 0.15) is 30.4 Å². The van der Waals surface area contributed by atoms with Crippen LogP contribution in [-0.4, -0.2) is 41.9 Å². The predicted molar refractivity (Wildman–Crippen MR) is 96.4 cm³/mol. The smallest absolute Gasteiger partial charge is 0.409 e. The van der Waals surface area contributed by atoms with Gasteiger partial charge in [-0.3, -0.25) is 0 Å². The molecule has 0 bridgehead atoms. The molecule has 0 aromatic heterocycles. The van der Waals surface area contributed by atoms with Gasteiger partial charge in [-0.05, 0) is 28.7 Å². The molecule has 2 unspecified atom stereocenters. The highest BCUT2D eigenvalue weighted by Gasteiger charge is 2.35. The van der Waals surface area contributed by atoms with Crippen molar-refractivity contribution in [2.24, 2.45) is 5.92 Å². The van der Waals surface area contributed by atoms with Gasteiger partial charge in [-0.2, -0.15) is 0 Å². The standard InChI is InChI=1S/C21H23NO3/c1-2-14-11-22(12-20(14)23)21(24)25-13-19-17-9-5-3-7-15(17)16-8-4-6-10-18(16)19/h3-10,14,19-20,23H,2,11-13H2,1H3. The molecule has 1 fully saturated rings. The lowest BCUT2D eigenvalue weighted by Gasteiger charge is -2.19. The van der Waals surface area contributed by atoms with E-state index >= 15 is 0 Å². The van der Waals surface area contributed by atoms with Crippen molar-refractivity contribution in [2.45, 2.75) is 25.4 Å². The number of carbonyl (C=O) groups excluding carboxylic acids is 1. The highest BCUT2D eigenvalue weighted by atomic mass is 16.6. The third-order valence-electron chi connectivity index (χ3n) is 5.53. The van der Waals surface area contributed by atoms with Crippen LogP contribution in [0.2, 0.25) is 0 Å². The number of nitrogens with zero attached hydrogens (tertiary/aromatic N) is 1. The maximum Gasteiger partial charge on any atom is 0.409 e. The number of fused-ring (bicyclic) bond motifs is 3. The van der Waals surface area contributed by atoms with E-state index in [1.54, 1.807) is 4.90 Å². The minimum Gasteiger partial charge on any atom is -0.448 e. The van der Waals surface area contributed by atoms with Gasteiger partial charge in [0, 0.05) is 18.4 Å². The van der Waals surface area contributed by atoms with Gasteiger partial charge in [0.25, 0.3) is 0 Å². The Hall–Kier alpha value is -2.33. The Bertz CT molecular complexity index is 743. The molecular formula is C21H23NO3. The lowest BCUT2D eigenvalue weighted by molar-refractivity contribution is 0.0998. The molecule has 1 amide bonds. The summed E-state index contributed by atoms with van der Waals surface area (Å²) < 4.78 is 5.64. The normalized spacial score (nSPS) is 21.9. The van der Waals surface area contributed by atoms with Crippen LogP contribution in [0.3, 0.4) is 0 Å². The molecule has 0 radical (unpaired) electrons. The van der Waals surface area contributed by atoms with Gasteiger partial charge in [0.1, 0.15) is 6.61 Å². The fourth-order valence-electron chi connectivity index (χ4n) is 4.09. The lowest BCUT2D eigenvalue weighted by Crippen LogP contribution is -2.31. The first kappa shape index (κ1) is 16.2. The number of aliphatic hydroxyl groups excluding tert-OH is 1. The monoisotopic (exact) mass is 337 g/mol. The summed E-state index contributed by atoms with van der Waals surface area (Å²) in [5, 5.41) is 10.00. The molecular weight excluding hydrogens is 314 g/mol. The Morgan fingerprint density at radius 1 is 1.08 bits per heavy atom. The zero-order valence-corrected chi connectivity index (χ0v) is 14.4. The number of amides is 1. The fourth-order valence-corrected chi connectivity index (χ4v) is 4.09. The van der Waals surface area contributed by atoms with E-state index in [-0.39, 0.29) is 17.9 Å². The number of hydrogen-bond donors (Lipinski definition) is 1. The molecule has 4 nitrogen and oxygen atoms in total. The summed E-state index contributed by atoms with van der Waals surface area (Å²) in [6.45, 7) is 3.31. The molecule has 2 aliphatic rings. The molecule has 2 aromatic carbocycles. The minimum absolute atomic E-state index is 0.0749. The maximum atomic E-state index is 12.4. The number of ether oxygens (including phenoxy) is 1. The van der Waals surface area contributed by atoms with E-state index in [0.717, 1.165) is 6.42 Å². The van der Waals surface area contributed by atoms with Crippen LogP contribution in [0.15, 0.2) is 48.5 Å². The first-order chi connectivity index (χ1) is 12.2. The largest absolute Gasteiger partial charge is 0.448 e. The van der Waals surface area contributed by atoms with Crippen molar-refractivity contribution in [1.29, 1.82) is 0 Å². The number of hydrogen-bond acceptors (Lipinski definition) is 3. The molecule has 2 aromatic rings. The molecule has 4 rings (SSSR count). The summed E-state index contributed by atoms with van der Waals surface area (Å²) in [4.78, 5) is 14.1. The average molecular weight is 337 g/mol. The van der Waals surface area contributed by atoms with Crippen molar-refractivity contribution in [3.8, 4) is 11.1 Å². The molecule has 1 aliphatic carbocycles. The topological polar surface area (TPSA) is 49.8 Å². The van der Waals surface area contributed by atoms with Gasteiger partial charge in [-0.15, -0.1) is 0 Å². The Balaban J connectivity index is 1.49. The van der Waals surface area contributed by atoms with E-state index in [0.29, 0.717) is 19.7 Å². The summed E-state index contributed by atoms with van der Waals surface area (Å²) in [6, 6.07) is 16.6. The van der Waals surface area contributed by atoms with E-state index in [1.165, 1.54) is 22.3 Å². The number of β-amino-alcohol motifs (C(OH)–C–C–N with tert-alkyl or cyclic N) is 1. The summed E-state index contributed by atoms with van der Waals surface area (Å²) in [5.74, 6) is 0.228. The summed E-state index contributed by atoms with van der Waals surface area (Å²) in [6.07, 6.45) is 0.108. The van der Waals surface area contributed by atoms with E-state index in [1.807, 2.05) is 31.2 Å². The molecule has 1 heterocycles. The van der Waals surface area contributed by atoms with Crippen LogP contribution in [0, 0.1) is 5.92 Å². The van der Waals surface area contributed by atoms with Crippen LogP contribution in [-0.2, 0) is 4.74 Å². The molecule has 1 aliphatic heterocycles. The second kappa shape index (κ2) is 6.52. The predicted octanol–water partition coefficient (Wildman–Crippen LogP) is 3.64. The van der Waals surface area contributed by atoms with Crippen molar-refractivity contribution >= 4 is 6.09 Å². The van der Waals surface area contributed by atoms with Crippen LogP contribution in [0.25, 0.3) is 11.1 Å². The SMILES string of the molecule is CCC1CN(C(=O)OCC2c3ccccc3-c3ccccc32)CC1O. The number of benzene rings is 2. The van der Waals surface area contributed by atoms with Gasteiger partial charge in [-0.1, -0.05) is 55.5 Å². The van der Waals surface area contributed by atoms with Gasteiger partial charge in [0.2, 0.25) is 0 Å². The third kappa shape index (κ3) is 2.81. The number of aliphatic hydroxyl groups is 1. The number of carbonyl (C=O) groups is 1. The second-order valence-corrected chi connectivity index (χ2v) is 6.94. The quantitative estimate of drug-likeness (QED) is 0.930. The van der Waals surface area contributed by atoms with Gasteiger partial charge in [0.05, 0.1) is 12.6 Å². The van der Waals surface area contributed by atoms with Crippen molar-refractivity contribution in [2.75, 3.05) is 19.7 Å². The molecule has 4 heteroatoms. The van der Waals surface area contributed by atoms with E-state index < -0.39 is 6.10 Å². The van der Waals surface area contributed by atoms with Crippen LogP contribution in [0.5, 0.6) is 0 Å². The first-order valence-corrected chi connectivity index (χ1v) is 8.97. The first-order valence-electron chi connectivity index (χ1n) is 8.97. The van der Waals surface area contributed by atoms with Crippen molar-refractivity contribution in [3.63, 3.8) is 0 Å². The Labute approximate surface area is 148 Å².